The number of hydrogen-bond acceptors (Lipinski definition) is 4. The second-order valence-electron chi connectivity index (χ2n) is 8.17. The SMILES string of the molecule is COc1cccc(C(c2ccc(OCc3ccccc3)cc2)N2CCC(C(=O)O)CC2)c1. The van der Waals surface area contributed by atoms with Crippen molar-refractivity contribution in [3.05, 3.63) is 95.6 Å². The Morgan fingerprint density at radius 3 is 2.31 bits per heavy atom. The van der Waals surface area contributed by atoms with Gasteiger partial charge in [0, 0.05) is 0 Å². The molecule has 5 heteroatoms. The summed E-state index contributed by atoms with van der Waals surface area (Å²) in [5.41, 5.74) is 3.42. The van der Waals surface area contributed by atoms with E-state index in [2.05, 4.69) is 29.2 Å². The van der Waals surface area contributed by atoms with Crippen LogP contribution in [0.15, 0.2) is 78.9 Å². The van der Waals surface area contributed by atoms with Gasteiger partial charge >= 0.3 is 5.97 Å². The van der Waals surface area contributed by atoms with Crippen molar-refractivity contribution < 1.29 is 19.4 Å². The number of carbonyl (C=O) groups is 1. The summed E-state index contributed by atoms with van der Waals surface area (Å²) in [5, 5.41) is 9.38. The van der Waals surface area contributed by atoms with Crippen LogP contribution in [0, 0.1) is 5.92 Å². The molecule has 166 valence electrons. The second kappa shape index (κ2) is 10.3. The molecule has 0 saturated carbocycles. The predicted octanol–water partition coefficient (Wildman–Crippen LogP) is 5.16. The van der Waals surface area contributed by atoms with Crippen LogP contribution < -0.4 is 9.47 Å². The van der Waals surface area contributed by atoms with Crippen LogP contribution in [0.2, 0.25) is 0 Å². The smallest absolute Gasteiger partial charge is 0.306 e. The topological polar surface area (TPSA) is 59.0 Å². The van der Waals surface area contributed by atoms with Crippen LogP contribution >= 0.6 is 0 Å². The van der Waals surface area contributed by atoms with Gasteiger partial charge < -0.3 is 14.6 Å². The molecular formula is C27H29NO4. The van der Waals surface area contributed by atoms with E-state index in [1.807, 2.05) is 54.6 Å². The van der Waals surface area contributed by atoms with Crippen LogP contribution in [0.5, 0.6) is 11.5 Å². The Hall–Kier alpha value is -3.31. The van der Waals surface area contributed by atoms with Gasteiger partial charge in [-0.1, -0.05) is 54.6 Å². The maximum absolute atomic E-state index is 11.4. The van der Waals surface area contributed by atoms with Gasteiger partial charge in [0.05, 0.1) is 19.1 Å². The van der Waals surface area contributed by atoms with Crippen LogP contribution in [0.4, 0.5) is 0 Å². The van der Waals surface area contributed by atoms with Crippen LogP contribution in [0.25, 0.3) is 0 Å². The van der Waals surface area contributed by atoms with Crippen molar-refractivity contribution in [2.24, 2.45) is 5.92 Å². The highest BCUT2D eigenvalue weighted by Crippen LogP contribution is 2.34. The highest BCUT2D eigenvalue weighted by atomic mass is 16.5. The van der Waals surface area contributed by atoms with E-state index in [-0.39, 0.29) is 12.0 Å². The maximum atomic E-state index is 11.4. The minimum Gasteiger partial charge on any atom is -0.497 e. The lowest BCUT2D eigenvalue weighted by Gasteiger charge is -2.37. The summed E-state index contributed by atoms with van der Waals surface area (Å²) < 4.78 is 11.4. The number of piperidine rings is 1. The van der Waals surface area contributed by atoms with Crippen LogP contribution in [0.3, 0.4) is 0 Å². The first-order valence-corrected chi connectivity index (χ1v) is 11.0. The second-order valence-corrected chi connectivity index (χ2v) is 8.17. The number of carboxylic acid groups (broad SMARTS) is 1. The molecule has 0 spiro atoms. The minimum atomic E-state index is -0.692. The molecule has 0 amide bonds. The lowest BCUT2D eigenvalue weighted by molar-refractivity contribution is -0.143. The fourth-order valence-electron chi connectivity index (χ4n) is 4.32. The predicted molar refractivity (Wildman–Crippen MR) is 124 cm³/mol. The molecule has 0 aromatic heterocycles. The maximum Gasteiger partial charge on any atom is 0.306 e. The van der Waals surface area contributed by atoms with Gasteiger partial charge in [0.2, 0.25) is 0 Å². The normalized spacial score (nSPS) is 15.8. The van der Waals surface area contributed by atoms with Gasteiger partial charge in [-0.15, -0.1) is 0 Å². The molecule has 1 fully saturated rings. The number of nitrogens with zero attached hydrogens (tertiary/aromatic N) is 1. The molecule has 0 aliphatic carbocycles. The molecule has 1 heterocycles. The molecular weight excluding hydrogens is 402 g/mol. The van der Waals surface area contributed by atoms with E-state index >= 15 is 0 Å². The number of rotatable bonds is 8. The molecule has 5 nitrogen and oxygen atoms in total. The largest absolute Gasteiger partial charge is 0.497 e. The molecule has 3 aromatic carbocycles. The van der Waals surface area contributed by atoms with Gasteiger partial charge in [-0.2, -0.15) is 0 Å². The lowest BCUT2D eigenvalue weighted by atomic mass is 9.91. The summed E-state index contributed by atoms with van der Waals surface area (Å²) in [6.45, 7) is 2.01. The fraction of sp³-hybridized carbons (Fsp3) is 0.296. The van der Waals surface area contributed by atoms with Crippen molar-refractivity contribution in [1.29, 1.82) is 0 Å². The van der Waals surface area contributed by atoms with E-state index < -0.39 is 5.97 Å². The third kappa shape index (κ3) is 5.29. The molecule has 4 rings (SSSR count). The summed E-state index contributed by atoms with van der Waals surface area (Å²) in [4.78, 5) is 13.8. The number of hydrogen-bond donors (Lipinski definition) is 1. The van der Waals surface area contributed by atoms with E-state index in [1.54, 1.807) is 7.11 Å². The number of methoxy groups -OCH3 is 1. The summed E-state index contributed by atoms with van der Waals surface area (Å²) in [6.07, 6.45) is 1.32. The first-order valence-electron chi connectivity index (χ1n) is 11.0. The van der Waals surface area contributed by atoms with Crippen LogP contribution in [-0.2, 0) is 11.4 Å². The highest BCUT2D eigenvalue weighted by molar-refractivity contribution is 5.70. The van der Waals surface area contributed by atoms with Crippen molar-refractivity contribution in [3.63, 3.8) is 0 Å². The van der Waals surface area contributed by atoms with Gasteiger partial charge in [-0.05, 0) is 66.9 Å². The number of likely N-dealkylation sites (tertiary alicyclic amines) is 1. The van der Waals surface area contributed by atoms with Gasteiger partial charge in [-0.25, -0.2) is 0 Å². The molecule has 1 N–H and O–H groups in total. The van der Waals surface area contributed by atoms with E-state index in [0.717, 1.165) is 41.3 Å². The summed E-state index contributed by atoms with van der Waals surface area (Å²) in [7, 11) is 1.67. The molecule has 0 radical (unpaired) electrons. The van der Waals surface area contributed by atoms with Crippen molar-refractivity contribution >= 4 is 5.97 Å². The number of benzene rings is 3. The summed E-state index contributed by atoms with van der Waals surface area (Å²) >= 11 is 0. The zero-order valence-corrected chi connectivity index (χ0v) is 18.3. The molecule has 1 saturated heterocycles. The standard InChI is InChI=1S/C27H29NO4/c1-31-25-9-5-8-23(18-25)26(28-16-14-22(15-17-28)27(29)30)21-10-12-24(13-11-21)32-19-20-6-3-2-4-7-20/h2-13,18,22,26H,14-17,19H2,1H3,(H,29,30). The van der Waals surface area contributed by atoms with E-state index in [4.69, 9.17) is 9.47 Å². The van der Waals surface area contributed by atoms with Gasteiger partial charge in [0.1, 0.15) is 18.1 Å². The minimum absolute atomic E-state index is 0.0306. The van der Waals surface area contributed by atoms with E-state index in [1.165, 1.54) is 0 Å². The van der Waals surface area contributed by atoms with Crippen molar-refractivity contribution in [3.8, 4) is 11.5 Å². The fourth-order valence-corrected chi connectivity index (χ4v) is 4.32. The third-order valence-electron chi connectivity index (χ3n) is 6.10. The summed E-state index contributed by atoms with van der Waals surface area (Å²) in [6, 6.07) is 26.5. The van der Waals surface area contributed by atoms with E-state index in [9.17, 15) is 9.90 Å². The average Bonchev–Trinajstić information content (AvgIpc) is 2.85. The zero-order chi connectivity index (χ0) is 22.3. The Balaban J connectivity index is 1.54. The third-order valence-corrected chi connectivity index (χ3v) is 6.10. The molecule has 32 heavy (non-hydrogen) atoms. The van der Waals surface area contributed by atoms with Gasteiger partial charge in [0.15, 0.2) is 0 Å². The first-order chi connectivity index (χ1) is 15.6. The molecule has 1 atom stereocenters. The van der Waals surface area contributed by atoms with Crippen molar-refractivity contribution in [2.75, 3.05) is 20.2 Å². The van der Waals surface area contributed by atoms with Gasteiger partial charge in [0.25, 0.3) is 0 Å². The van der Waals surface area contributed by atoms with Crippen LogP contribution in [-0.4, -0.2) is 36.2 Å². The molecule has 1 unspecified atom stereocenters. The van der Waals surface area contributed by atoms with E-state index in [0.29, 0.717) is 19.4 Å². The Bertz CT molecular complexity index is 1010. The van der Waals surface area contributed by atoms with Gasteiger partial charge in [-0.3, -0.25) is 9.69 Å². The molecule has 3 aromatic rings. The quantitative estimate of drug-likeness (QED) is 0.534. The van der Waals surface area contributed by atoms with Crippen LogP contribution in [0.1, 0.15) is 35.6 Å². The zero-order valence-electron chi connectivity index (χ0n) is 18.3. The Morgan fingerprint density at radius 2 is 1.66 bits per heavy atom. The van der Waals surface area contributed by atoms with Crippen molar-refractivity contribution in [2.45, 2.75) is 25.5 Å². The number of ether oxygens (including phenoxy) is 2. The Morgan fingerprint density at radius 1 is 0.938 bits per heavy atom. The lowest BCUT2D eigenvalue weighted by Crippen LogP contribution is -2.39. The highest BCUT2D eigenvalue weighted by Gasteiger charge is 2.30. The summed E-state index contributed by atoms with van der Waals surface area (Å²) in [5.74, 6) is 0.691. The molecule has 1 aliphatic rings. The molecule has 1 aliphatic heterocycles. The Labute approximate surface area is 189 Å². The monoisotopic (exact) mass is 431 g/mol. The Kier molecular flexibility index (Phi) is 7.07. The average molecular weight is 432 g/mol. The molecule has 0 bridgehead atoms. The number of aliphatic carboxylic acids is 1. The van der Waals surface area contributed by atoms with Crippen molar-refractivity contribution in [1.82, 2.24) is 4.90 Å². The number of carboxylic acids is 1. The first kappa shape index (κ1) is 21.9.